The maximum atomic E-state index is 6.15. The van der Waals surface area contributed by atoms with Crippen LogP contribution in [0.5, 0.6) is 5.75 Å². The molecular formula is C15H16ClNO. The first-order chi connectivity index (χ1) is 8.69. The second-order valence-electron chi connectivity index (χ2n) is 4.23. The van der Waals surface area contributed by atoms with Crippen molar-refractivity contribution in [2.45, 2.75) is 20.1 Å². The Balaban J connectivity index is 2.02. The molecule has 0 unspecified atom stereocenters. The number of rotatable bonds is 4. The van der Waals surface area contributed by atoms with Crippen molar-refractivity contribution in [1.82, 2.24) is 0 Å². The molecule has 2 N–H and O–H groups in total. The first-order valence-electron chi connectivity index (χ1n) is 5.86. The van der Waals surface area contributed by atoms with Crippen LogP contribution >= 0.6 is 11.6 Å². The normalized spacial score (nSPS) is 10.4. The molecule has 0 saturated carbocycles. The quantitative estimate of drug-likeness (QED) is 0.911. The average molecular weight is 262 g/mol. The third-order valence-corrected chi connectivity index (χ3v) is 3.11. The van der Waals surface area contributed by atoms with Gasteiger partial charge in [0.2, 0.25) is 0 Å². The molecule has 94 valence electrons. The zero-order valence-corrected chi connectivity index (χ0v) is 11.1. The summed E-state index contributed by atoms with van der Waals surface area (Å²) < 4.78 is 5.69. The van der Waals surface area contributed by atoms with Crippen LogP contribution in [0.4, 0.5) is 0 Å². The molecule has 0 bridgehead atoms. The summed E-state index contributed by atoms with van der Waals surface area (Å²) in [6.45, 7) is 3.03. The van der Waals surface area contributed by atoms with Crippen LogP contribution in [0, 0.1) is 6.92 Å². The summed E-state index contributed by atoms with van der Waals surface area (Å²) in [6, 6.07) is 13.7. The lowest BCUT2D eigenvalue weighted by Crippen LogP contribution is -1.98. The molecule has 0 aliphatic rings. The Morgan fingerprint density at radius 3 is 2.44 bits per heavy atom. The molecule has 0 fully saturated rings. The van der Waals surface area contributed by atoms with E-state index in [1.54, 1.807) is 0 Å². The molecule has 0 aliphatic carbocycles. The second kappa shape index (κ2) is 5.89. The van der Waals surface area contributed by atoms with Gasteiger partial charge in [0.05, 0.1) is 0 Å². The Hall–Kier alpha value is -1.51. The van der Waals surface area contributed by atoms with Gasteiger partial charge in [0.1, 0.15) is 12.4 Å². The minimum atomic E-state index is 0.473. The zero-order valence-electron chi connectivity index (χ0n) is 10.3. The highest BCUT2D eigenvalue weighted by molar-refractivity contribution is 6.31. The molecule has 0 saturated heterocycles. The molecule has 0 amide bonds. The highest BCUT2D eigenvalue weighted by Crippen LogP contribution is 2.20. The van der Waals surface area contributed by atoms with Gasteiger partial charge in [-0.25, -0.2) is 0 Å². The van der Waals surface area contributed by atoms with E-state index in [4.69, 9.17) is 22.1 Å². The summed E-state index contributed by atoms with van der Waals surface area (Å²) in [5.74, 6) is 0.823. The number of benzene rings is 2. The van der Waals surface area contributed by atoms with Gasteiger partial charge in [0.15, 0.2) is 0 Å². The lowest BCUT2D eigenvalue weighted by atomic mass is 10.1. The van der Waals surface area contributed by atoms with Crippen molar-refractivity contribution in [2.75, 3.05) is 0 Å². The number of nitrogens with two attached hydrogens (primary N) is 1. The monoisotopic (exact) mass is 261 g/mol. The van der Waals surface area contributed by atoms with E-state index in [1.807, 2.05) is 49.4 Å². The van der Waals surface area contributed by atoms with Gasteiger partial charge in [-0.3, -0.25) is 0 Å². The van der Waals surface area contributed by atoms with Crippen LogP contribution in [-0.2, 0) is 13.2 Å². The summed E-state index contributed by atoms with van der Waals surface area (Å²) in [5.41, 5.74) is 8.77. The first-order valence-corrected chi connectivity index (χ1v) is 6.23. The maximum absolute atomic E-state index is 6.15. The Morgan fingerprint density at radius 1 is 1.11 bits per heavy atom. The lowest BCUT2D eigenvalue weighted by molar-refractivity contribution is 0.306. The maximum Gasteiger partial charge on any atom is 0.119 e. The Morgan fingerprint density at radius 2 is 1.83 bits per heavy atom. The number of hydrogen-bond donors (Lipinski definition) is 1. The fourth-order valence-electron chi connectivity index (χ4n) is 1.65. The molecule has 0 spiro atoms. The van der Waals surface area contributed by atoms with Crippen molar-refractivity contribution >= 4 is 11.6 Å². The van der Waals surface area contributed by atoms with Crippen LogP contribution in [-0.4, -0.2) is 0 Å². The zero-order chi connectivity index (χ0) is 13.0. The van der Waals surface area contributed by atoms with E-state index >= 15 is 0 Å². The molecule has 2 nitrogen and oxygen atoms in total. The molecule has 0 aliphatic heterocycles. The largest absolute Gasteiger partial charge is 0.489 e. The summed E-state index contributed by atoms with van der Waals surface area (Å²) in [6.07, 6.45) is 0. The van der Waals surface area contributed by atoms with Gasteiger partial charge in [-0.05, 0) is 36.2 Å². The van der Waals surface area contributed by atoms with Gasteiger partial charge in [0.25, 0.3) is 0 Å². The van der Waals surface area contributed by atoms with Crippen LogP contribution in [0.1, 0.15) is 16.7 Å². The van der Waals surface area contributed by atoms with Gasteiger partial charge in [-0.2, -0.15) is 0 Å². The van der Waals surface area contributed by atoms with Crippen LogP contribution in [0.2, 0.25) is 5.02 Å². The second-order valence-corrected chi connectivity index (χ2v) is 4.64. The van der Waals surface area contributed by atoms with Gasteiger partial charge in [-0.1, -0.05) is 35.9 Å². The van der Waals surface area contributed by atoms with E-state index in [0.717, 1.165) is 27.5 Å². The highest BCUT2D eigenvalue weighted by atomic mass is 35.5. The Bertz CT molecular complexity index is 523. The molecule has 18 heavy (non-hydrogen) atoms. The molecule has 2 aromatic rings. The topological polar surface area (TPSA) is 35.2 Å². The van der Waals surface area contributed by atoms with Crippen molar-refractivity contribution < 1.29 is 4.74 Å². The minimum Gasteiger partial charge on any atom is -0.489 e. The van der Waals surface area contributed by atoms with E-state index in [1.165, 1.54) is 0 Å². The Kier molecular flexibility index (Phi) is 4.24. The van der Waals surface area contributed by atoms with Gasteiger partial charge < -0.3 is 10.5 Å². The van der Waals surface area contributed by atoms with Gasteiger partial charge >= 0.3 is 0 Å². The average Bonchev–Trinajstić information content (AvgIpc) is 2.38. The standard InChI is InChI=1S/C15H16ClNO/c1-11-2-5-13(15(16)8-11)10-18-14-6-3-12(9-17)4-7-14/h2-8H,9-10,17H2,1H3. The van der Waals surface area contributed by atoms with E-state index in [0.29, 0.717) is 13.2 Å². The lowest BCUT2D eigenvalue weighted by Gasteiger charge is -2.08. The summed E-state index contributed by atoms with van der Waals surface area (Å²) >= 11 is 6.15. The van der Waals surface area contributed by atoms with Crippen molar-refractivity contribution in [2.24, 2.45) is 5.73 Å². The molecule has 0 atom stereocenters. The third kappa shape index (κ3) is 3.25. The molecule has 0 radical (unpaired) electrons. The summed E-state index contributed by atoms with van der Waals surface area (Å²) in [7, 11) is 0. The Labute approximate surface area is 112 Å². The van der Waals surface area contributed by atoms with Crippen LogP contribution < -0.4 is 10.5 Å². The molecule has 3 heteroatoms. The summed E-state index contributed by atoms with van der Waals surface area (Å²) in [4.78, 5) is 0. The predicted octanol–water partition coefficient (Wildman–Crippen LogP) is 3.69. The molecule has 2 rings (SSSR count). The SMILES string of the molecule is Cc1ccc(COc2ccc(CN)cc2)c(Cl)c1. The number of ether oxygens (including phenoxy) is 1. The van der Waals surface area contributed by atoms with Crippen LogP contribution in [0.3, 0.4) is 0 Å². The minimum absolute atomic E-state index is 0.473. The van der Waals surface area contributed by atoms with Gasteiger partial charge in [0, 0.05) is 17.1 Å². The van der Waals surface area contributed by atoms with Crippen molar-refractivity contribution in [1.29, 1.82) is 0 Å². The van der Waals surface area contributed by atoms with E-state index in [2.05, 4.69) is 0 Å². The third-order valence-electron chi connectivity index (χ3n) is 2.76. The first kappa shape index (κ1) is 12.9. The number of halogens is 1. The molecule has 0 heterocycles. The van der Waals surface area contributed by atoms with Crippen LogP contribution in [0.25, 0.3) is 0 Å². The van der Waals surface area contributed by atoms with E-state index in [-0.39, 0.29) is 0 Å². The molecule has 2 aromatic carbocycles. The summed E-state index contributed by atoms with van der Waals surface area (Å²) in [5, 5.41) is 0.744. The van der Waals surface area contributed by atoms with Crippen molar-refractivity contribution in [3.63, 3.8) is 0 Å². The van der Waals surface area contributed by atoms with E-state index in [9.17, 15) is 0 Å². The van der Waals surface area contributed by atoms with E-state index < -0.39 is 0 Å². The fraction of sp³-hybridized carbons (Fsp3) is 0.200. The predicted molar refractivity (Wildman–Crippen MR) is 74.9 cm³/mol. The van der Waals surface area contributed by atoms with Gasteiger partial charge in [-0.15, -0.1) is 0 Å². The smallest absolute Gasteiger partial charge is 0.119 e. The number of aryl methyl sites for hydroxylation is 1. The fourth-order valence-corrected chi connectivity index (χ4v) is 1.94. The highest BCUT2D eigenvalue weighted by Gasteiger charge is 2.01. The molecular weight excluding hydrogens is 246 g/mol. The van der Waals surface area contributed by atoms with Crippen molar-refractivity contribution in [3.8, 4) is 5.75 Å². The van der Waals surface area contributed by atoms with Crippen molar-refractivity contribution in [3.05, 3.63) is 64.2 Å². The van der Waals surface area contributed by atoms with Crippen LogP contribution in [0.15, 0.2) is 42.5 Å². The number of hydrogen-bond acceptors (Lipinski definition) is 2. The molecule has 0 aromatic heterocycles.